The van der Waals surface area contributed by atoms with Gasteiger partial charge in [0.2, 0.25) is 0 Å². The van der Waals surface area contributed by atoms with Crippen LogP contribution in [-0.4, -0.2) is 31.8 Å². The van der Waals surface area contributed by atoms with Crippen LogP contribution in [-0.2, 0) is 9.57 Å². The molecule has 0 aliphatic carbocycles. The third-order valence-electron chi connectivity index (χ3n) is 2.10. The lowest BCUT2D eigenvalue weighted by molar-refractivity contribution is 0.0203. The van der Waals surface area contributed by atoms with E-state index in [2.05, 4.69) is 14.7 Å². The molecule has 1 aromatic carbocycles. The summed E-state index contributed by atoms with van der Waals surface area (Å²) in [5.41, 5.74) is 1.37. The molecule has 0 radical (unpaired) electrons. The predicted octanol–water partition coefficient (Wildman–Crippen LogP) is 2.48. The van der Waals surface area contributed by atoms with Crippen LogP contribution in [0.25, 0.3) is 0 Å². The van der Waals surface area contributed by atoms with Gasteiger partial charge in [-0.1, -0.05) is 17.3 Å². The van der Waals surface area contributed by atoms with Gasteiger partial charge in [0, 0.05) is 0 Å². The van der Waals surface area contributed by atoms with Crippen LogP contribution in [0.1, 0.15) is 22.8 Å². The molecule has 18 heavy (non-hydrogen) atoms. The fourth-order valence-electron chi connectivity index (χ4n) is 1.23. The van der Waals surface area contributed by atoms with Crippen LogP contribution in [0.4, 0.5) is 8.78 Å². The topological polar surface area (TPSA) is 47.9 Å². The quantitative estimate of drug-likeness (QED) is 0.462. The Morgan fingerprint density at radius 1 is 1.39 bits per heavy atom. The fraction of sp³-hybridized carbons (Fsp3) is 0.333. The van der Waals surface area contributed by atoms with Crippen LogP contribution < -0.4 is 0 Å². The van der Waals surface area contributed by atoms with Crippen molar-refractivity contribution in [2.75, 3.05) is 13.7 Å². The number of rotatable bonds is 5. The van der Waals surface area contributed by atoms with Crippen LogP contribution in [0.2, 0.25) is 0 Å². The third kappa shape index (κ3) is 4.12. The third-order valence-corrected chi connectivity index (χ3v) is 2.10. The predicted molar refractivity (Wildman–Crippen MR) is 61.9 cm³/mol. The minimum atomic E-state index is -2.57. The Labute approximate surface area is 103 Å². The smallest absolute Gasteiger partial charge is 0.337 e. The first-order valence-corrected chi connectivity index (χ1v) is 5.18. The molecule has 0 atom stereocenters. The Balaban J connectivity index is 2.79. The molecule has 0 saturated carbocycles. The largest absolute Gasteiger partial charge is 0.465 e. The summed E-state index contributed by atoms with van der Waals surface area (Å²) in [5.74, 6) is -0.474. The first kappa shape index (κ1) is 14.1. The van der Waals surface area contributed by atoms with E-state index in [1.807, 2.05) is 0 Å². The van der Waals surface area contributed by atoms with Crippen LogP contribution in [0.3, 0.4) is 0 Å². The van der Waals surface area contributed by atoms with E-state index in [1.165, 1.54) is 7.11 Å². The van der Waals surface area contributed by atoms with Crippen molar-refractivity contribution in [3.63, 3.8) is 0 Å². The number of hydrogen-bond acceptors (Lipinski definition) is 4. The zero-order valence-corrected chi connectivity index (χ0v) is 10.0. The van der Waals surface area contributed by atoms with E-state index in [0.29, 0.717) is 16.8 Å². The second kappa shape index (κ2) is 6.68. The second-order valence-electron chi connectivity index (χ2n) is 3.44. The molecule has 0 bridgehead atoms. The standard InChI is InChI=1S/C12H13F2NO3/c1-8(15-18-7-11(13)14)9-4-3-5-10(6-9)12(16)17-2/h3-6,11H,7H2,1-2H3/b15-8+. The van der Waals surface area contributed by atoms with Crippen molar-refractivity contribution < 1.29 is 23.1 Å². The van der Waals surface area contributed by atoms with Gasteiger partial charge in [0.05, 0.1) is 18.4 Å². The van der Waals surface area contributed by atoms with Gasteiger partial charge in [-0.25, -0.2) is 13.6 Å². The second-order valence-corrected chi connectivity index (χ2v) is 3.44. The molecule has 1 aromatic rings. The van der Waals surface area contributed by atoms with Crippen LogP contribution in [0.15, 0.2) is 29.4 Å². The van der Waals surface area contributed by atoms with Crippen LogP contribution in [0.5, 0.6) is 0 Å². The molecule has 4 nitrogen and oxygen atoms in total. The molecule has 0 aromatic heterocycles. The molecule has 0 aliphatic rings. The Morgan fingerprint density at radius 3 is 2.67 bits per heavy atom. The van der Waals surface area contributed by atoms with Gasteiger partial charge in [0.1, 0.15) is 0 Å². The number of ether oxygens (including phenoxy) is 1. The van der Waals surface area contributed by atoms with Gasteiger partial charge < -0.3 is 9.57 Å². The maximum Gasteiger partial charge on any atom is 0.337 e. The first-order valence-electron chi connectivity index (χ1n) is 5.18. The summed E-state index contributed by atoms with van der Waals surface area (Å²) in [6.07, 6.45) is -2.57. The number of carbonyl (C=O) groups is 1. The molecule has 0 heterocycles. The first-order chi connectivity index (χ1) is 8.54. The summed E-state index contributed by atoms with van der Waals surface area (Å²) in [6, 6.07) is 6.48. The molecule has 0 aliphatic heterocycles. The highest BCUT2D eigenvalue weighted by molar-refractivity contribution is 6.00. The van der Waals surface area contributed by atoms with E-state index in [-0.39, 0.29) is 0 Å². The van der Waals surface area contributed by atoms with Gasteiger partial charge in [-0.05, 0) is 24.6 Å². The summed E-state index contributed by atoms with van der Waals surface area (Å²) in [4.78, 5) is 15.8. The van der Waals surface area contributed by atoms with E-state index < -0.39 is 19.0 Å². The molecule has 0 spiro atoms. The van der Waals surface area contributed by atoms with Crippen molar-refractivity contribution in [1.82, 2.24) is 0 Å². The van der Waals surface area contributed by atoms with Gasteiger partial charge in [-0.2, -0.15) is 0 Å². The molecule has 0 unspecified atom stereocenters. The Kier molecular flexibility index (Phi) is 5.23. The van der Waals surface area contributed by atoms with Gasteiger partial charge in [-0.3, -0.25) is 0 Å². The van der Waals surface area contributed by atoms with Crippen molar-refractivity contribution in [1.29, 1.82) is 0 Å². The van der Waals surface area contributed by atoms with Crippen molar-refractivity contribution in [3.05, 3.63) is 35.4 Å². The molecular formula is C12H13F2NO3. The number of alkyl halides is 2. The Morgan fingerprint density at radius 2 is 2.06 bits per heavy atom. The number of halogens is 2. The lowest BCUT2D eigenvalue weighted by Crippen LogP contribution is -2.05. The summed E-state index contributed by atoms with van der Waals surface area (Å²) >= 11 is 0. The molecule has 0 N–H and O–H groups in total. The number of carbonyl (C=O) groups excluding carboxylic acids is 1. The number of benzene rings is 1. The minimum Gasteiger partial charge on any atom is -0.465 e. The number of oxime groups is 1. The Bertz CT molecular complexity index is 447. The lowest BCUT2D eigenvalue weighted by atomic mass is 10.1. The summed E-state index contributed by atoms with van der Waals surface area (Å²) in [6.45, 7) is 0.843. The van der Waals surface area contributed by atoms with E-state index in [4.69, 9.17) is 0 Å². The maximum atomic E-state index is 11.8. The van der Waals surface area contributed by atoms with Crippen molar-refractivity contribution in [3.8, 4) is 0 Å². The molecular weight excluding hydrogens is 244 g/mol. The van der Waals surface area contributed by atoms with Crippen molar-refractivity contribution >= 4 is 11.7 Å². The Hall–Kier alpha value is -1.98. The van der Waals surface area contributed by atoms with E-state index in [9.17, 15) is 13.6 Å². The highest BCUT2D eigenvalue weighted by Gasteiger charge is 2.07. The number of methoxy groups -OCH3 is 1. The van der Waals surface area contributed by atoms with Crippen LogP contribution in [0, 0.1) is 0 Å². The molecule has 0 fully saturated rings. The van der Waals surface area contributed by atoms with E-state index in [0.717, 1.165) is 0 Å². The molecule has 0 amide bonds. The highest BCUT2D eigenvalue weighted by atomic mass is 19.3. The number of nitrogens with zero attached hydrogens (tertiary/aromatic N) is 1. The lowest BCUT2D eigenvalue weighted by Gasteiger charge is -2.04. The van der Waals surface area contributed by atoms with Gasteiger partial charge in [0.25, 0.3) is 6.43 Å². The molecule has 98 valence electrons. The van der Waals surface area contributed by atoms with Gasteiger partial charge in [0.15, 0.2) is 6.61 Å². The van der Waals surface area contributed by atoms with E-state index in [1.54, 1.807) is 31.2 Å². The molecule has 0 saturated heterocycles. The van der Waals surface area contributed by atoms with Gasteiger partial charge in [-0.15, -0.1) is 0 Å². The highest BCUT2D eigenvalue weighted by Crippen LogP contribution is 2.08. The normalized spacial score (nSPS) is 11.5. The minimum absolute atomic E-state index is 0.360. The molecule has 1 rings (SSSR count). The summed E-state index contributed by atoms with van der Waals surface area (Å²) < 4.78 is 28.3. The molecule has 6 heteroatoms. The monoisotopic (exact) mass is 257 g/mol. The van der Waals surface area contributed by atoms with Crippen molar-refractivity contribution in [2.24, 2.45) is 5.16 Å². The average molecular weight is 257 g/mol. The number of hydrogen-bond donors (Lipinski definition) is 0. The summed E-state index contributed by atoms with van der Waals surface area (Å²) in [7, 11) is 1.28. The van der Waals surface area contributed by atoms with Gasteiger partial charge >= 0.3 is 5.97 Å². The SMILES string of the molecule is COC(=O)c1cccc(/C(C)=N/OCC(F)F)c1. The average Bonchev–Trinajstić information content (AvgIpc) is 2.37. The number of esters is 1. The van der Waals surface area contributed by atoms with Crippen molar-refractivity contribution in [2.45, 2.75) is 13.3 Å². The van der Waals surface area contributed by atoms with E-state index >= 15 is 0 Å². The maximum absolute atomic E-state index is 11.8. The zero-order chi connectivity index (χ0) is 13.5. The fourth-order valence-corrected chi connectivity index (χ4v) is 1.23. The summed E-state index contributed by atoms with van der Waals surface area (Å²) in [5, 5.41) is 3.55. The van der Waals surface area contributed by atoms with Crippen LogP contribution >= 0.6 is 0 Å². The zero-order valence-electron chi connectivity index (χ0n) is 10.0.